The lowest BCUT2D eigenvalue weighted by atomic mass is 10.2. The first-order valence-electron chi connectivity index (χ1n) is 5.53. The molecule has 0 saturated carbocycles. The Hall–Kier alpha value is -0.123. The Labute approximate surface area is 99.3 Å². The molecule has 1 rings (SSSR count). The molecule has 1 heterocycles. The molecule has 15 heavy (non-hydrogen) atoms. The Morgan fingerprint density at radius 2 is 1.80 bits per heavy atom. The van der Waals surface area contributed by atoms with E-state index in [2.05, 4.69) is 52.2 Å². The van der Waals surface area contributed by atoms with Gasteiger partial charge >= 0.3 is 0 Å². The molecule has 0 radical (unpaired) electrons. The maximum Gasteiger partial charge on any atom is 0.105 e. The van der Waals surface area contributed by atoms with Gasteiger partial charge in [-0.2, -0.15) is 0 Å². The highest BCUT2D eigenvalue weighted by atomic mass is 32.1. The molecule has 0 amide bonds. The molecule has 0 spiro atoms. The van der Waals surface area contributed by atoms with E-state index >= 15 is 0 Å². The van der Waals surface area contributed by atoms with Gasteiger partial charge in [-0.15, -0.1) is 11.3 Å². The van der Waals surface area contributed by atoms with Crippen LogP contribution in [0.25, 0.3) is 0 Å². The van der Waals surface area contributed by atoms with Crippen LogP contribution in [-0.4, -0.2) is 33.7 Å². The summed E-state index contributed by atoms with van der Waals surface area (Å²) in [6.45, 7) is 8.50. The molecule has 0 saturated heterocycles. The molecule has 0 fully saturated rings. The highest BCUT2D eigenvalue weighted by Crippen LogP contribution is 2.23. The van der Waals surface area contributed by atoms with E-state index in [4.69, 9.17) is 0 Å². The first-order chi connectivity index (χ1) is 6.67. The van der Waals surface area contributed by atoms with Crippen molar-refractivity contribution in [2.24, 2.45) is 0 Å². The smallest absolute Gasteiger partial charge is 0.105 e. The number of quaternary nitrogens is 1. The summed E-state index contributed by atoms with van der Waals surface area (Å²) in [4.78, 5) is 1.63. The fourth-order valence-corrected chi connectivity index (χ4v) is 5.16. The van der Waals surface area contributed by atoms with Crippen molar-refractivity contribution in [2.75, 3.05) is 21.1 Å². The van der Waals surface area contributed by atoms with Crippen molar-refractivity contribution in [3.8, 4) is 0 Å². The third-order valence-electron chi connectivity index (χ3n) is 2.17. The fourth-order valence-electron chi connectivity index (χ4n) is 1.66. The molecule has 0 aromatic carbocycles. The summed E-state index contributed by atoms with van der Waals surface area (Å²) in [6.07, 6.45) is 0. The SMILES string of the molecule is C[N+](C)(C)Cc1ccsc1C[Si](C)(C)C. The van der Waals surface area contributed by atoms with Crippen molar-refractivity contribution < 1.29 is 4.48 Å². The molecule has 0 N–H and O–H groups in total. The Balaban J connectivity index is 2.79. The van der Waals surface area contributed by atoms with Crippen molar-refractivity contribution in [2.45, 2.75) is 32.2 Å². The van der Waals surface area contributed by atoms with Crippen LogP contribution in [0, 0.1) is 0 Å². The lowest BCUT2D eigenvalue weighted by Crippen LogP contribution is -2.34. The monoisotopic (exact) mass is 242 g/mol. The zero-order valence-corrected chi connectivity index (χ0v) is 12.7. The number of rotatable bonds is 4. The molecule has 0 aliphatic heterocycles. The topological polar surface area (TPSA) is 0 Å². The summed E-state index contributed by atoms with van der Waals surface area (Å²) < 4.78 is 1.02. The molecular weight excluding hydrogens is 218 g/mol. The van der Waals surface area contributed by atoms with Crippen molar-refractivity contribution >= 4 is 19.4 Å². The van der Waals surface area contributed by atoms with Crippen LogP contribution in [0.2, 0.25) is 19.6 Å². The first kappa shape index (κ1) is 12.9. The predicted octanol–water partition coefficient (Wildman–Crippen LogP) is 3.37. The van der Waals surface area contributed by atoms with Gasteiger partial charge in [-0.1, -0.05) is 19.6 Å². The van der Waals surface area contributed by atoms with Gasteiger partial charge in [-0.05, 0) is 17.5 Å². The van der Waals surface area contributed by atoms with Crippen LogP contribution in [0.15, 0.2) is 11.4 Å². The maximum absolute atomic E-state index is 2.45. The Bertz CT molecular complexity index is 287. The van der Waals surface area contributed by atoms with Crippen LogP contribution >= 0.6 is 11.3 Å². The maximum atomic E-state index is 2.45. The summed E-state index contributed by atoms with van der Waals surface area (Å²) in [7, 11) is 5.81. The summed E-state index contributed by atoms with van der Waals surface area (Å²) in [5.74, 6) is 0. The molecule has 0 aliphatic carbocycles. The van der Waals surface area contributed by atoms with Gasteiger partial charge in [0.05, 0.1) is 21.1 Å². The van der Waals surface area contributed by atoms with Crippen LogP contribution in [0.4, 0.5) is 0 Å². The zero-order chi connectivity index (χ0) is 11.7. The molecule has 1 aromatic rings. The van der Waals surface area contributed by atoms with Gasteiger partial charge in [-0.25, -0.2) is 0 Å². The second kappa shape index (κ2) is 4.40. The van der Waals surface area contributed by atoms with E-state index in [0.29, 0.717) is 0 Å². The Morgan fingerprint density at radius 1 is 1.20 bits per heavy atom. The van der Waals surface area contributed by atoms with Gasteiger partial charge in [0.2, 0.25) is 0 Å². The largest absolute Gasteiger partial charge is 0.327 e. The van der Waals surface area contributed by atoms with E-state index in [-0.39, 0.29) is 0 Å². The average molecular weight is 242 g/mol. The number of hydrogen-bond donors (Lipinski definition) is 0. The minimum Gasteiger partial charge on any atom is -0.327 e. The van der Waals surface area contributed by atoms with Crippen LogP contribution in [0.5, 0.6) is 0 Å². The standard InChI is InChI=1S/C12H24NSSi/c1-13(2,3)9-11-7-8-14-12(11)10-15(4,5)6/h7-8H,9-10H2,1-6H3/q+1. The molecule has 1 aromatic heterocycles. The lowest BCUT2D eigenvalue weighted by molar-refractivity contribution is -0.884. The minimum atomic E-state index is -0.965. The molecule has 0 aliphatic rings. The lowest BCUT2D eigenvalue weighted by Gasteiger charge is -2.25. The zero-order valence-electron chi connectivity index (χ0n) is 10.9. The first-order valence-corrected chi connectivity index (χ1v) is 10.1. The van der Waals surface area contributed by atoms with E-state index < -0.39 is 8.07 Å². The van der Waals surface area contributed by atoms with Crippen LogP contribution in [-0.2, 0) is 12.6 Å². The molecule has 86 valence electrons. The van der Waals surface area contributed by atoms with Gasteiger partial charge in [0.15, 0.2) is 0 Å². The number of nitrogens with zero attached hydrogens (tertiary/aromatic N) is 1. The molecule has 0 unspecified atom stereocenters. The van der Waals surface area contributed by atoms with E-state index in [1.54, 1.807) is 10.4 Å². The van der Waals surface area contributed by atoms with Crippen molar-refractivity contribution in [1.82, 2.24) is 0 Å². The quantitative estimate of drug-likeness (QED) is 0.561. The van der Waals surface area contributed by atoms with Crippen molar-refractivity contribution in [3.05, 3.63) is 21.9 Å². The predicted molar refractivity (Wildman–Crippen MR) is 73.1 cm³/mol. The number of thiophene rings is 1. The highest BCUT2D eigenvalue weighted by Gasteiger charge is 2.19. The molecule has 0 atom stereocenters. The van der Waals surface area contributed by atoms with Gasteiger partial charge in [0.25, 0.3) is 0 Å². The van der Waals surface area contributed by atoms with Crippen LogP contribution in [0.1, 0.15) is 10.4 Å². The second-order valence-electron chi connectivity index (χ2n) is 6.55. The molecule has 0 bridgehead atoms. The van der Waals surface area contributed by atoms with Crippen LogP contribution in [0.3, 0.4) is 0 Å². The van der Waals surface area contributed by atoms with Gasteiger partial charge in [0.1, 0.15) is 6.54 Å². The summed E-state index contributed by atoms with van der Waals surface area (Å²) in [5, 5.41) is 2.25. The number of hydrogen-bond acceptors (Lipinski definition) is 1. The third kappa shape index (κ3) is 4.95. The van der Waals surface area contributed by atoms with Crippen molar-refractivity contribution in [1.29, 1.82) is 0 Å². The normalized spacial score (nSPS) is 13.2. The van der Waals surface area contributed by atoms with Gasteiger partial charge in [-0.3, -0.25) is 0 Å². The summed E-state index contributed by atoms with van der Waals surface area (Å²) in [5.41, 5.74) is 1.56. The Kier molecular flexibility index (Phi) is 3.79. The molecule has 1 nitrogen and oxygen atoms in total. The van der Waals surface area contributed by atoms with E-state index in [1.165, 1.54) is 6.04 Å². The average Bonchev–Trinajstić information content (AvgIpc) is 2.29. The van der Waals surface area contributed by atoms with E-state index in [1.807, 2.05) is 11.3 Å². The van der Waals surface area contributed by atoms with Crippen molar-refractivity contribution in [3.63, 3.8) is 0 Å². The molecule has 3 heteroatoms. The second-order valence-corrected chi connectivity index (χ2v) is 13.0. The fraction of sp³-hybridized carbons (Fsp3) is 0.667. The van der Waals surface area contributed by atoms with Gasteiger partial charge < -0.3 is 4.48 Å². The molecular formula is C12H24NSSi+. The minimum absolute atomic E-state index is 0.965. The Morgan fingerprint density at radius 3 is 2.27 bits per heavy atom. The van der Waals surface area contributed by atoms with E-state index in [9.17, 15) is 0 Å². The highest BCUT2D eigenvalue weighted by molar-refractivity contribution is 7.10. The van der Waals surface area contributed by atoms with E-state index in [0.717, 1.165) is 11.0 Å². The van der Waals surface area contributed by atoms with Gasteiger partial charge in [0, 0.05) is 18.5 Å². The third-order valence-corrected chi connectivity index (χ3v) is 4.81. The summed E-state index contributed by atoms with van der Waals surface area (Å²) >= 11 is 1.94. The van der Waals surface area contributed by atoms with Crippen LogP contribution < -0.4 is 0 Å². The summed E-state index contributed by atoms with van der Waals surface area (Å²) in [6, 6.07) is 3.64.